The molecule has 0 bridgehead atoms. The molecule has 2 rings (SSSR count). The molecule has 0 fully saturated rings. The Morgan fingerprint density at radius 1 is 1.29 bits per heavy atom. The lowest BCUT2D eigenvalue weighted by Crippen LogP contribution is -2.22. The van der Waals surface area contributed by atoms with Gasteiger partial charge in [0, 0.05) is 19.0 Å². The first-order chi connectivity index (χ1) is 10.2. The topological polar surface area (TPSA) is 38.3 Å². The van der Waals surface area contributed by atoms with E-state index in [2.05, 4.69) is 35.7 Å². The van der Waals surface area contributed by atoms with Crippen LogP contribution in [-0.4, -0.2) is 19.6 Å². The molecule has 0 aromatic heterocycles. The molecule has 0 heterocycles. The summed E-state index contributed by atoms with van der Waals surface area (Å²) in [4.78, 5) is 11.0. The van der Waals surface area contributed by atoms with Crippen LogP contribution in [0.1, 0.15) is 25.0 Å². The summed E-state index contributed by atoms with van der Waals surface area (Å²) in [5.74, 6) is 0.870. The maximum atomic E-state index is 11.0. The van der Waals surface area contributed by atoms with E-state index >= 15 is 0 Å². The van der Waals surface area contributed by atoms with E-state index in [1.165, 1.54) is 23.3 Å². The molecule has 3 heteroatoms. The third kappa shape index (κ3) is 3.43. The fourth-order valence-electron chi connectivity index (χ4n) is 2.56. The Kier molecular flexibility index (Phi) is 4.99. The molecule has 3 nitrogen and oxygen atoms in total. The van der Waals surface area contributed by atoms with Gasteiger partial charge in [-0.1, -0.05) is 36.4 Å². The van der Waals surface area contributed by atoms with Crippen molar-refractivity contribution in [2.24, 2.45) is 0 Å². The quantitative estimate of drug-likeness (QED) is 0.911. The molecule has 0 saturated heterocycles. The predicted octanol–water partition coefficient (Wildman–Crippen LogP) is 3.56. The van der Waals surface area contributed by atoms with Gasteiger partial charge >= 0.3 is 0 Å². The van der Waals surface area contributed by atoms with Crippen molar-refractivity contribution in [3.63, 3.8) is 0 Å². The van der Waals surface area contributed by atoms with Crippen molar-refractivity contribution in [2.45, 2.75) is 20.3 Å². The normalized spacial score (nSPS) is 11.0. The lowest BCUT2D eigenvalue weighted by molar-refractivity contribution is -0.118. The van der Waals surface area contributed by atoms with Crippen LogP contribution >= 0.6 is 0 Å². The number of methoxy groups -OCH3 is 1. The highest BCUT2D eigenvalue weighted by Crippen LogP contribution is 2.32. The van der Waals surface area contributed by atoms with E-state index in [-0.39, 0.29) is 5.91 Å². The molecule has 21 heavy (non-hydrogen) atoms. The fourth-order valence-corrected chi connectivity index (χ4v) is 2.56. The highest BCUT2D eigenvalue weighted by molar-refractivity contribution is 5.95. The van der Waals surface area contributed by atoms with Crippen molar-refractivity contribution >= 4 is 22.8 Å². The highest BCUT2D eigenvalue weighted by atomic mass is 16.5. The number of hydrogen-bond acceptors (Lipinski definition) is 2. The minimum absolute atomic E-state index is 0.00138. The van der Waals surface area contributed by atoms with E-state index < -0.39 is 0 Å². The summed E-state index contributed by atoms with van der Waals surface area (Å²) in [5, 5.41) is 5.23. The molecule has 1 amide bonds. The molecule has 2 aromatic carbocycles. The molecule has 2 aromatic rings. The van der Waals surface area contributed by atoms with Gasteiger partial charge in [0.2, 0.25) is 5.91 Å². The number of rotatable bonds is 5. The zero-order valence-corrected chi connectivity index (χ0v) is 12.8. The first-order valence-electron chi connectivity index (χ1n) is 7.13. The second-order valence-electron chi connectivity index (χ2n) is 4.93. The first kappa shape index (κ1) is 15.1. The summed E-state index contributed by atoms with van der Waals surface area (Å²) in [6, 6.07) is 10.3. The van der Waals surface area contributed by atoms with Gasteiger partial charge in [0.1, 0.15) is 5.75 Å². The molecule has 1 N–H and O–H groups in total. The number of benzene rings is 2. The summed E-state index contributed by atoms with van der Waals surface area (Å²) >= 11 is 0. The van der Waals surface area contributed by atoms with Crippen LogP contribution < -0.4 is 10.1 Å². The Morgan fingerprint density at radius 3 is 2.76 bits per heavy atom. The van der Waals surface area contributed by atoms with Crippen molar-refractivity contribution in [1.29, 1.82) is 0 Å². The van der Waals surface area contributed by atoms with Gasteiger partial charge in [-0.2, -0.15) is 0 Å². The summed E-state index contributed by atoms with van der Waals surface area (Å²) in [5.41, 5.74) is 2.31. The Bertz CT molecular complexity index is 674. The largest absolute Gasteiger partial charge is 0.496 e. The summed E-state index contributed by atoms with van der Waals surface area (Å²) in [7, 11) is 1.69. The number of ether oxygens (including phenoxy) is 1. The second-order valence-corrected chi connectivity index (χ2v) is 4.93. The molecular formula is C18H21NO2. The third-order valence-electron chi connectivity index (χ3n) is 3.45. The van der Waals surface area contributed by atoms with E-state index in [4.69, 9.17) is 4.74 Å². The maximum Gasteiger partial charge on any atom is 0.216 e. The van der Waals surface area contributed by atoms with Crippen molar-refractivity contribution in [1.82, 2.24) is 5.32 Å². The van der Waals surface area contributed by atoms with Crippen LogP contribution in [-0.2, 0) is 11.2 Å². The van der Waals surface area contributed by atoms with E-state index in [0.717, 1.165) is 17.7 Å². The average Bonchev–Trinajstić information content (AvgIpc) is 2.47. The van der Waals surface area contributed by atoms with Gasteiger partial charge in [0.15, 0.2) is 0 Å². The lowest BCUT2D eigenvalue weighted by Gasteiger charge is -2.13. The highest BCUT2D eigenvalue weighted by Gasteiger charge is 2.09. The number of carbonyl (C=O) groups is 1. The SMILES string of the molecule is CC=Cc1c(OC)ccc2cccc(CCNC(C)=O)c12. The molecule has 0 atom stereocenters. The fraction of sp³-hybridized carbons (Fsp3) is 0.278. The molecule has 110 valence electrons. The second kappa shape index (κ2) is 6.93. The van der Waals surface area contributed by atoms with Gasteiger partial charge in [0.25, 0.3) is 0 Å². The molecule has 0 unspecified atom stereocenters. The van der Waals surface area contributed by atoms with Crippen LogP contribution in [0.25, 0.3) is 16.8 Å². The van der Waals surface area contributed by atoms with Crippen molar-refractivity contribution < 1.29 is 9.53 Å². The number of nitrogens with one attached hydrogen (secondary N) is 1. The number of fused-ring (bicyclic) bond motifs is 1. The molecule has 0 spiro atoms. The Morgan fingerprint density at radius 2 is 2.10 bits per heavy atom. The number of carbonyl (C=O) groups excluding carboxylic acids is 1. The van der Waals surface area contributed by atoms with Gasteiger partial charge in [-0.15, -0.1) is 0 Å². The molecule has 0 aliphatic rings. The Labute approximate surface area is 125 Å². The molecule has 0 aliphatic heterocycles. The average molecular weight is 283 g/mol. The van der Waals surface area contributed by atoms with Crippen molar-refractivity contribution in [3.05, 3.63) is 47.5 Å². The summed E-state index contributed by atoms with van der Waals surface area (Å²) < 4.78 is 5.48. The minimum Gasteiger partial charge on any atom is -0.496 e. The number of amides is 1. The standard InChI is InChI=1S/C18H21NO2/c1-4-6-16-17(21-3)10-9-14-7-5-8-15(18(14)16)11-12-19-13(2)20/h4-10H,11-12H2,1-3H3,(H,19,20). The van der Waals surface area contributed by atoms with Crippen LogP contribution in [0, 0.1) is 0 Å². The van der Waals surface area contributed by atoms with Gasteiger partial charge in [0.05, 0.1) is 7.11 Å². The third-order valence-corrected chi connectivity index (χ3v) is 3.45. The van der Waals surface area contributed by atoms with Crippen LogP contribution in [0.3, 0.4) is 0 Å². The smallest absolute Gasteiger partial charge is 0.216 e. The Balaban J connectivity index is 2.51. The molecule has 0 saturated carbocycles. The summed E-state index contributed by atoms with van der Waals surface area (Å²) in [6.45, 7) is 4.18. The lowest BCUT2D eigenvalue weighted by atomic mass is 9.96. The van der Waals surface area contributed by atoms with E-state index in [1.807, 2.05) is 19.1 Å². The monoisotopic (exact) mass is 283 g/mol. The van der Waals surface area contributed by atoms with Gasteiger partial charge in [-0.05, 0) is 35.7 Å². The van der Waals surface area contributed by atoms with Gasteiger partial charge < -0.3 is 10.1 Å². The number of allylic oxidation sites excluding steroid dienone is 1. The van der Waals surface area contributed by atoms with Crippen LogP contribution in [0.5, 0.6) is 5.75 Å². The van der Waals surface area contributed by atoms with Crippen molar-refractivity contribution in [2.75, 3.05) is 13.7 Å². The minimum atomic E-state index is 0.00138. The Hall–Kier alpha value is -2.29. The zero-order chi connectivity index (χ0) is 15.2. The van der Waals surface area contributed by atoms with E-state index in [0.29, 0.717) is 6.54 Å². The van der Waals surface area contributed by atoms with E-state index in [1.54, 1.807) is 7.11 Å². The molecular weight excluding hydrogens is 262 g/mol. The van der Waals surface area contributed by atoms with E-state index in [9.17, 15) is 4.79 Å². The van der Waals surface area contributed by atoms with Crippen LogP contribution in [0.4, 0.5) is 0 Å². The van der Waals surface area contributed by atoms with Crippen molar-refractivity contribution in [3.8, 4) is 5.75 Å². The van der Waals surface area contributed by atoms with Gasteiger partial charge in [-0.25, -0.2) is 0 Å². The maximum absolute atomic E-state index is 11.0. The molecule has 0 aliphatic carbocycles. The molecule has 0 radical (unpaired) electrons. The van der Waals surface area contributed by atoms with Gasteiger partial charge in [-0.3, -0.25) is 4.79 Å². The van der Waals surface area contributed by atoms with Crippen LogP contribution in [0.15, 0.2) is 36.4 Å². The number of hydrogen-bond donors (Lipinski definition) is 1. The first-order valence-corrected chi connectivity index (χ1v) is 7.13. The summed E-state index contributed by atoms with van der Waals surface area (Å²) in [6.07, 6.45) is 4.89. The zero-order valence-electron chi connectivity index (χ0n) is 12.8. The van der Waals surface area contributed by atoms with Crippen LogP contribution in [0.2, 0.25) is 0 Å². The predicted molar refractivity (Wildman–Crippen MR) is 87.6 cm³/mol.